The number of nitrogens with one attached hydrogen (secondary N) is 1. The van der Waals surface area contributed by atoms with E-state index >= 15 is 0 Å². The molecule has 2 heteroatoms. The van der Waals surface area contributed by atoms with Gasteiger partial charge in [0.15, 0.2) is 0 Å². The van der Waals surface area contributed by atoms with Crippen molar-refractivity contribution in [1.29, 1.82) is 0 Å². The third-order valence-electron chi connectivity index (χ3n) is 3.81. The van der Waals surface area contributed by atoms with Crippen molar-refractivity contribution in [2.75, 3.05) is 6.54 Å². The molecule has 0 bridgehead atoms. The fourth-order valence-corrected chi connectivity index (χ4v) is 2.79. The van der Waals surface area contributed by atoms with E-state index in [0.717, 1.165) is 17.4 Å². The van der Waals surface area contributed by atoms with Gasteiger partial charge in [0.25, 0.3) is 0 Å². The Morgan fingerprint density at radius 2 is 1.48 bits per heavy atom. The quantitative estimate of drug-likeness (QED) is 0.732. The van der Waals surface area contributed by atoms with Gasteiger partial charge in [-0.1, -0.05) is 73.1 Å². The van der Waals surface area contributed by atoms with E-state index in [4.69, 9.17) is 0 Å². The van der Waals surface area contributed by atoms with Gasteiger partial charge in [0, 0.05) is 10.5 Å². The first-order valence-corrected chi connectivity index (χ1v) is 8.47. The SMILES string of the molecule is CCNC(Cc1ccc(C(C)C)cc1)c1ccc(Br)cc1. The van der Waals surface area contributed by atoms with E-state index in [2.05, 4.69) is 90.5 Å². The molecule has 2 aromatic carbocycles. The molecule has 0 aliphatic carbocycles. The zero-order valence-corrected chi connectivity index (χ0v) is 14.7. The number of halogens is 1. The van der Waals surface area contributed by atoms with Crippen LogP contribution < -0.4 is 5.32 Å². The summed E-state index contributed by atoms with van der Waals surface area (Å²) in [6.45, 7) is 7.61. The van der Waals surface area contributed by atoms with E-state index in [9.17, 15) is 0 Å². The summed E-state index contributed by atoms with van der Waals surface area (Å²) in [5.41, 5.74) is 4.13. The Kier molecular flexibility index (Phi) is 6.01. The Morgan fingerprint density at radius 1 is 0.905 bits per heavy atom. The number of likely N-dealkylation sites (N-methyl/N-ethyl adjacent to an activating group) is 1. The Bertz CT molecular complexity index is 543. The van der Waals surface area contributed by atoms with E-state index in [1.807, 2.05) is 0 Å². The van der Waals surface area contributed by atoms with Gasteiger partial charge in [-0.2, -0.15) is 0 Å². The van der Waals surface area contributed by atoms with Crippen LogP contribution in [-0.4, -0.2) is 6.54 Å². The molecule has 0 aliphatic rings. The zero-order valence-electron chi connectivity index (χ0n) is 13.1. The van der Waals surface area contributed by atoms with Gasteiger partial charge < -0.3 is 5.32 Å². The number of hydrogen-bond donors (Lipinski definition) is 1. The van der Waals surface area contributed by atoms with Crippen molar-refractivity contribution in [3.63, 3.8) is 0 Å². The minimum atomic E-state index is 0.369. The number of rotatable bonds is 6. The number of hydrogen-bond acceptors (Lipinski definition) is 1. The van der Waals surface area contributed by atoms with E-state index in [1.54, 1.807) is 0 Å². The Morgan fingerprint density at radius 3 is 2.00 bits per heavy atom. The molecule has 1 unspecified atom stereocenters. The molecule has 2 rings (SSSR count). The third-order valence-corrected chi connectivity index (χ3v) is 4.34. The summed E-state index contributed by atoms with van der Waals surface area (Å²) in [5.74, 6) is 0.593. The lowest BCUT2D eigenvalue weighted by atomic mass is 9.96. The summed E-state index contributed by atoms with van der Waals surface area (Å²) in [6.07, 6.45) is 1.02. The molecule has 0 aliphatic heterocycles. The van der Waals surface area contributed by atoms with Gasteiger partial charge >= 0.3 is 0 Å². The van der Waals surface area contributed by atoms with Crippen LogP contribution in [0.5, 0.6) is 0 Å². The molecular formula is C19H24BrN. The minimum absolute atomic E-state index is 0.369. The van der Waals surface area contributed by atoms with Gasteiger partial charge in [0.1, 0.15) is 0 Å². The molecule has 1 atom stereocenters. The smallest absolute Gasteiger partial charge is 0.0360 e. The van der Waals surface area contributed by atoms with Crippen LogP contribution in [0, 0.1) is 0 Å². The van der Waals surface area contributed by atoms with Crippen LogP contribution in [-0.2, 0) is 6.42 Å². The summed E-state index contributed by atoms with van der Waals surface area (Å²) in [6, 6.07) is 18.0. The summed E-state index contributed by atoms with van der Waals surface area (Å²) in [7, 11) is 0. The highest BCUT2D eigenvalue weighted by molar-refractivity contribution is 9.10. The standard InChI is InChI=1S/C19H24BrN/c1-4-21-19(17-9-11-18(20)12-10-17)13-15-5-7-16(8-6-15)14(2)3/h5-12,14,19,21H,4,13H2,1-3H3. The second-order valence-corrected chi connectivity index (χ2v) is 6.68. The molecule has 0 radical (unpaired) electrons. The Labute approximate surface area is 136 Å². The molecule has 0 saturated carbocycles. The second-order valence-electron chi connectivity index (χ2n) is 5.76. The highest BCUT2D eigenvalue weighted by Crippen LogP contribution is 2.22. The lowest BCUT2D eigenvalue weighted by molar-refractivity contribution is 0.549. The highest BCUT2D eigenvalue weighted by atomic mass is 79.9. The van der Waals surface area contributed by atoms with Gasteiger partial charge in [-0.15, -0.1) is 0 Å². The molecular weight excluding hydrogens is 322 g/mol. The van der Waals surface area contributed by atoms with E-state index in [0.29, 0.717) is 12.0 Å². The minimum Gasteiger partial charge on any atom is -0.310 e. The fourth-order valence-electron chi connectivity index (χ4n) is 2.52. The van der Waals surface area contributed by atoms with Gasteiger partial charge in [-0.3, -0.25) is 0 Å². The third kappa shape index (κ3) is 4.69. The summed E-state index contributed by atoms with van der Waals surface area (Å²) >= 11 is 3.50. The van der Waals surface area contributed by atoms with E-state index in [-0.39, 0.29) is 0 Å². The van der Waals surface area contributed by atoms with Crippen molar-refractivity contribution in [3.8, 4) is 0 Å². The molecule has 0 aromatic heterocycles. The van der Waals surface area contributed by atoms with Crippen LogP contribution >= 0.6 is 15.9 Å². The maximum absolute atomic E-state index is 3.59. The molecule has 0 spiro atoms. The predicted octanol–water partition coefficient (Wildman–Crippen LogP) is 5.47. The monoisotopic (exact) mass is 345 g/mol. The summed E-state index contributed by atoms with van der Waals surface area (Å²) in [5, 5.41) is 3.59. The molecule has 1 N–H and O–H groups in total. The van der Waals surface area contributed by atoms with E-state index < -0.39 is 0 Å². The lowest BCUT2D eigenvalue weighted by Crippen LogP contribution is -2.22. The van der Waals surface area contributed by atoms with Crippen molar-refractivity contribution in [2.45, 2.75) is 39.2 Å². The van der Waals surface area contributed by atoms with Crippen molar-refractivity contribution in [3.05, 3.63) is 69.7 Å². The van der Waals surface area contributed by atoms with Crippen LogP contribution in [0.1, 0.15) is 49.4 Å². The summed E-state index contributed by atoms with van der Waals surface area (Å²) in [4.78, 5) is 0. The molecule has 0 heterocycles. The fraction of sp³-hybridized carbons (Fsp3) is 0.368. The lowest BCUT2D eigenvalue weighted by Gasteiger charge is -2.19. The van der Waals surface area contributed by atoms with Crippen LogP contribution in [0.2, 0.25) is 0 Å². The largest absolute Gasteiger partial charge is 0.310 e. The van der Waals surface area contributed by atoms with Crippen molar-refractivity contribution in [2.24, 2.45) is 0 Å². The Balaban J connectivity index is 2.13. The van der Waals surface area contributed by atoms with Gasteiger partial charge in [-0.05, 0) is 47.7 Å². The molecule has 0 amide bonds. The van der Waals surface area contributed by atoms with Crippen LogP contribution in [0.15, 0.2) is 53.0 Å². The first-order valence-electron chi connectivity index (χ1n) is 7.67. The van der Waals surface area contributed by atoms with Gasteiger partial charge in [0.05, 0.1) is 0 Å². The van der Waals surface area contributed by atoms with Crippen molar-refractivity contribution >= 4 is 15.9 Å². The first kappa shape index (κ1) is 16.3. The van der Waals surface area contributed by atoms with Crippen LogP contribution in [0.3, 0.4) is 0 Å². The molecule has 0 saturated heterocycles. The normalized spacial score (nSPS) is 12.6. The molecule has 21 heavy (non-hydrogen) atoms. The average molecular weight is 346 g/mol. The van der Waals surface area contributed by atoms with Crippen molar-refractivity contribution in [1.82, 2.24) is 5.32 Å². The second kappa shape index (κ2) is 7.77. The van der Waals surface area contributed by atoms with Gasteiger partial charge in [-0.25, -0.2) is 0 Å². The Hall–Kier alpha value is -1.12. The van der Waals surface area contributed by atoms with Crippen LogP contribution in [0.25, 0.3) is 0 Å². The van der Waals surface area contributed by atoms with Crippen molar-refractivity contribution < 1.29 is 0 Å². The maximum Gasteiger partial charge on any atom is 0.0360 e. The molecule has 2 aromatic rings. The predicted molar refractivity (Wildman–Crippen MR) is 94.8 cm³/mol. The highest BCUT2D eigenvalue weighted by Gasteiger charge is 2.11. The average Bonchev–Trinajstić information content (AvgIpc) is 2.48. The van der Waals surface area contributed by atoms with Crippen LogP contribution in [0.4, 0.5) is 0 Å². The molecule has 1 nitrogen and oxygen atoms in total. The zero-order chi connectivity index (χ0) is 15.2. The maximum atomic E-state index is 3.59. The van der Waals surface area contributed by atoms with Gasteiger partial charge in [0.2, 0.25) is 0 Å². The number of benzene rings is 2. The molecule has 112 valence electrons. The van der Waals surface area contributed by atoms with E-state index in [1.165, 1.54) is 16.7 Å². The first-order chi connectivity index (χ1) is 10.1. The summed E-state index contributed by atoms with van der Waals surface area (Å²) < 4.78 is 1.13. The molecule has 0 fully saturated rings. The topological polar surface area (TPSA) is 12.0 Å².